The van der Waals surface area contributed by atoms with Gasteiger partial charge < -0.3 is 15.2 Å². The van der Waals surface area contributed by atoms with E-state index in [0.29, 0.717) is 23.1 Å². The molecule has 0 bridgehead atoms. The Kier molecular flexibility index (Phi) is 5.88. The molecule has 0 radical (unpaired) electrons. The second kappa shape index (κ2) is 7.66. The summed E-state index contributed by atoms with van der Waals surface area (Å²) in [6.07, 6.45) is -0.634. The maximum absolute atomic E-state index is 10.1. The van der Waals surface area contributed by atoms with Crippen LogP contribution >= 0.6 is 23.2 Å². The lowest BCUT2D eigenvalue weighted by Crippen LogP contribution is -2.21. The van der Waals surface area contributed by atoms with Gasteiger partial charge in [-0.15, -0.1) is 0 Å². The molecule has 2 N–H and O–H groups in total. The number of aliphatic hydroxyl groups excluding tert-OH is 1. The molecule has 5 heteroatoms. The van der Waals surface area contributed by atoms with E-state index in [0.717, 1.165) is 16.9 Å². The summed E-state index contributed by atoms with van der Waals surface area (Å²) in [5.74, 6) is 0.819. The summed E-state index contributed by atoms with van der Waals surface area (Å²) in [6.45, 7) is 1.07. The molecule has 2 rings (SSSR count). The molecule has 1 atom stereocenters. The van der Waals surface area contributed by atoms with Gasteiger partial charge in [0, 0.05) is 13.1 Å². The molecule has 21 heavy (non-hydrogen) atoms. The Morgan fingerprint density at radius 1 is 1.14 bits per heavy atom. The molecule has 0 spiro atoms. The fourth-order valence-corrected chi connectivity index (χ4v) is 2.28. The van der Waals surface area contributed by atoms with Gasteiger partial charge in [0.25, 0.3) is 0 Å². The van der Waals surface area contributed by atoms with Gasteiger partial charge in [-0.3, -0.25) is 0 Å². The Hall–Kier alpha value is -1.26. The van der Waals surface area contributed by atoms with Crippen molar-refractivity contribution in [1.82, 2.24) is 5.32 Å². The molecule has 0 fully saturated rings. The van der Waals surface area contributed by atoms with E-state index >= 15 is 0 Å². The number of nitrogens with one attached hydrogen (secondary N) is 1. The number of ether oxygens (including phenoxy) is 1. The number of rotatable bonds is 6. The van der Waals surface area contributed by atoms with Gasteiger partial charge in [0.15, 0.2) is 0 Å². The van der Waals surface area contributed by atoms with Gasteiger partial charge in [-0.2, -0.15) is 0 Å². The Bertz CT molecular complexity index is 605. The maximum Gasteiger partial charge on any atom is 0.119 e. The van der Waals surface area contributed by atoms with Crippen LogP contribution in [0.3, 0.4) is 0 Å². The van der Waals surface area contributed by atoms with Crippen molar-refractivity contribution in [2.24, 2.45) is 0 Å². The van der Waals surface area contributed by atoms with E-state index in [1.54, 1.807) is 25.3 Å². The summed E-state index contributed by atoms with van der Waals surface area (Å²) < 4.78 is 5.17. The average Bonchev–Trinajstić information content (AvgIpc) is 2.50. The Morgan fingerprint density at radius 2 is 1.95 bits per heavy atom. The zero-order chi connectivity index (χ0) is 15.2. The third kappa shape index (κ3) is 4.61. The van der Waals surface area contributed by atoms with Crippen LogP contribution in [0.2, 0.25) is 10.0 Å². The lowest BCUT2D eigenvalue weighted by Gasteiger charge is -2.13. The van der Waals surface area contributed by atoms with E-state index in [1.165, 1.54) is 0 Å². The highest BCUT2D eigenvalue weighted by Crippen LogP contribution is 2.25. The molecule has 1 unspecified atom stereocenters. The third-order valence-electron chi connectivity index (χ3n) is 3.13. The Morgan fingerprint density at radius 3 is 2.67 bits per heavy atom. The van der Waals surface area contributed by atoms with Gasteiger partial charge in [0.05, 0.1) is 23.3 Å². The molecular formula is C16H17Cl2NO2. The molecule has 0 saturated heterocycles. The summed E-state index contributed by atoms with van der Waals surface area (Å²) in [4.78, 5) is 0. The molecule has 0 amide bonds. The minimum absolute atomic E-state index is 0.426. The zero-order valence-electron chi connectivity index (χ0n) is 11.6. The van der Waals surface area contributed by atoms with Crippen LogP contribution in [0.15, 0.2) is 42.5 Å². The van der Waals surface area contributed by atoms with Crippen molar-refractivity contribution >= 4 is 23.2 Å². The fraction of sp³-hybridized carbons (Fsp3) is 0.250. The predicted molar refractivity (Wildman–Crippen MR) is 86.1 cm³/mol. The minimum Gasteiger partial charge on any atom is -0.497 e. The minimum atomic E-state index is -0.634. The molecule has 0 aliphatic rings. The van der Waals surface area contributed by atoms with Gasteiger partial charge in [0.2, 0.25) is 0 Å². The van der Waals surface area contributed by atoms with E-state index in [-0.39, 0.29) is 0 Å². The normalized spacial score (nSPS) is 12.2. The predicted octanol–water partition coefficient (Wildman–Crippen LogP) is 3.83. The standard InChI is InChI=1S/C16H17Cl2NO2/c1-21-13-4-2-3-11(7-13)9-19-10-16(20)12-5-6-14(17)15(18)8-12/h2-8,16,19-20H,9-10H2,1H3. The van der Waals surface area contributed by atoms with Gasteiger partial charge in [0.1, 0.15) is 5.75 Å². The number of halogens is 2. The van der Waals surface area contributed by atoms with Gasteiger partial charge in [-0.05, 0) is 35.4 Å². The summed E-state index contributed by atoms with van der Waals surface area (Å²) >= 11 is 11.8. The first-order chi connectivity index (χ1) is 10.1. The highest BCUT2D eigenvalue weighted by molar-refractivity contribution is 6.42. The van der Waals surface area contributed by atoms with Crippen molar-refractivity contribution in [3.8, 4) is 5.75 Å². The number of benzene rings is 2. The van der Waals surface area contributed by atoms with Gasteiger partial charge >= 0.3 is 0 Å². The maximum atomic E-state index is 10.1. The van der Waals surface area contributed by atoms with Crippen LogP contribution in [0.25, 0.3) is 0 Å². The van der Waals surface area contributed by atoms with E-state index in [4.69, 9.17) is 27.9 Å². The molecule has 0 heterocycles. The van der Waals surface area contributed by atoms with Crippen molar-refractivity contribution in [2.45, 2.75) is 12.6 Å². The lowest BCUT2D eigenvalue weighted by atomic mass is 10.1. The number of hydrogen-bond donors (Lipinski definition) is 2. The van der Waals surface area contributed by atoms with Crippen LogP contribution in [0.4, 0.5) is 0 Å². The van der Waals surface area contributed by atoms with Crippen molar-refractivity contribution in [2.75, 3.05) is 13.7 Å². The summed E-state index contributed by atoms with van der Waals surface area (Å²) in [6, 6.07) is 12.9. The van der Waals surface area contributed by atoms with Crippen LogP contribution in [-0.4, -0.2) is 18.8 Å². The number of methoxy groups -OCH3 is 1. The van der Waals surface area contributed by atoms with Crippen LogP contribution in [0, 0.1) is 0 Å². The molecule has 2 aromatic rings. The first-order valence-electron chi connectivity index (χ1n) is 6.57. The molecular weight excluding hydrogens is 309 g/mol. The van der Waals surface area contributed by atoms with Crippen LogP contribution < -0.4 is 10.1 Å². The molecule has 112 valence electrons. The molecule has 0 aromatic heterocycles. The van der Waals surface area contributed by atoms with Crippen molar-refractivity contribution in [3.63, 3.8) is 0 Å². The first-order valence-corrected chi connectivity index (χ1v) is 7.32. The SMILES string of the molecule is COc1cccc(CNCC(O)c2ccc(Cl)c(Cl)c2)c1. The Balaban J connectivity index is 1.88. The van der Waals surface area contributed by atoms with Crippen LogP contribution in [0.1, 0.15) is 17.2 Å². The van der Waals surface area contributed by atoms with E-state index in [1.807, 2.05) is 24.3 Å². The summed E-state index contributed by atoms with van der Waals surface area (Å²) in [5.41, 5.74) is 1.83. The monoisotopic (exact) mass is 325 g/mol. The van der Waals surface area contributed by atoms with E-state index in [9.17, 15) is 5.11 Å². The zero-order valence-corrected chi connectivity index (χ0v) is 13.2. The van der Waals surface area contributed by atoms with Gasteiger partial charge in [-0.1, -0.05) is 41.4 Å². The molecule has 2 aromatic carbocycles. The first kappa shape index (κ1) is 16.1. The van der Waals surface area contributed by atoms with Crippen LogP contribution in [-0.2, 0) is 6.54 Å². The second-order valence-electron chi connectivity index (χ2n) is 4.67. The highest BCUT2D eigenvalue weighted by atomic mass is 35.5. The van der Waals surface area contributed by atoms with Crippen molar-refractivity contribution in [1.29, 1.82) is 0 Å². The smallest absolute Gasteiger partial charge is 0.119 e. The van der Waals surface area contributed by atoms with Crippen molar-refractivity contribution in [3.05, 3.63) is 63.6 Å². The topological polar surface area (TPSA) is 41.5 Å². The second-order valence-corrected chi connectivity index (χ2v) is 5.49. The van der Waals surface area contributed by atoms with Crippen molar-refractivity contribution < 1.29 is 9.84 Å². The fourth-order valence-electron chi connectivity index (χ4n) is 1.97. The summed E-state index contributed by atoms with van der Waals surface area (Å²) in [7, 11) is 1.64. The largest absolute Gasteiger partial charge is 0.497 e. The highest BCUT2D eigenvalue weighted by Gasteiger charge is 2.09. The van der Waals surface area contributed by atoms with E-state index in [2.05, 4.69) is 5.32 Å². The third-order valence-corrected chi connectivity index (χ3v) is 3.87. The van der Waals surface area contributed by atoms with Crippen LogP contribution in [0.5, 0.6) is 5.75 Å². The number of hydrogen-bond acceptors (Lipinski definition) is 3. The number of aliphatic hydroxyl groups is 1. The molecule has 3 nitrogen and oxygen atoms in total. The van der Waals surface area contributed by atoms with E-state index < -0.39 is 6.10 Å². The quantitative estimate of drug-likeness (QED) is 0.848. The summed E-state index contributed by atoms with van der Waals surface area (Å²) in [5, 5.41) is 14.3. The average molecular weight is 326 g/mol. The Labute approximate surface area is 134 Å². The molecule has 0 saturated carbocycles. The lowest BCUT2D eigenvalue weighted by molar-refractivity contribution is 0.174. The molecule has 0 aliphatic heterocycles. The molecule has 0 aliphatic carbocycles. The van der Waals surface area contributed by atoms with Gasteiger partial charge in [-0.25, -0.2) is 0 Å².